The zero-order chi connectivity index (χ0) is 12.3. The van der Waals surface area contributed by atoms with Crippen molar-refractivity contribution in [3.63, 3.8) is 0 Å². The van der Waals surface area contributed by atoms with Crippen LogP contribution in [0.15, 0.2) is 24.3 Å². The van der Waals surface area contributed by atoms with E-state index in [-0.39, 0.29) is 0 Å². The summed E-state index contributed by atoms with van der Waals surface area (Å²) in [6.07, 6.45) is 0.173. The quantitative estimate of drug-likeness (QED) is 0.830. The fourth-order valence-electron chi connectivity index (χ4n) is 2.05. The van der Waals surface area contributed by atoms with Gasteiger partial charge in [0.25, 0.3) is 0 Å². The van der Waals surface area contributed by atoms with E-state index in [0.717, 1.165) is 13.0 Å². The van der Waals surface area contributed by atoms with Gasteiger partial charge >= 0.3 is 6.09 Å². The van der Waals surface area contributed by atoms with Gasteiger partial charge in [0.15, 0.2) is 0 Å². The molecule has 92 valence electrons. The van der Waals surface area contributed by atoms with Gasteiger partial charge in [-0.3, -0.25) is 0 Å². The highest BCUT2D eigenvalue weighted by molar-refractivity contribution is 5.66. The molecule has 1 aliphatic rings. The Morgan fingerprint density at radius 3 is 2.94 bits per heavy atom. The molecule has 0 bridgehead atoms. The maximum absolute atomic E-state index is 10.6. The minimum atomic E-state index is -0.818. The summed E-state index contributed by atoms with van der Waals surface area (Å²) in [5.41, 5.74) is 2.61. The van der Waals surface area contributed by atoms with E-state index in [1.165, 1.54) is 16.0 Å². The van der Waals surface area contributed by atoms with Gasteiger partial charge in [-0.15, -0.1) is 0 Å². The third-order valence-corrected chi connectivity index (χ3v) is 3.08. The Bertz CT molecular complexity index is 400. The Hall–Kier alpha value is -1.55. The van der Waals surface area contributed by atoms with Crippen LogP contribution < -0.4 is 5.32 Å². The Morgan fingerprint density at radius 1 is 1.53 bits per heavy atom. The summed E-state index contributed by atoms with van der Waals surface area (Å²) in [6, 6.07) is 8.80. The first-order valence-corrected chi connectivity index (χ1v) is 5.92. The third kappa shape index (κ3) is 3.20. The summed E-state index contributed by atoms with van der Waals surface area (Å²) in [5, 5.41) is 12.1. The van der Waals surface area contributed by atoms with Crippen molar-refractivity contribution in [3.8, 4) is 0 Å². The van der Waals surface area contributed by atoms with E-state index in [1.807, 2.05) is 0 Å². The molecule has 2 rings (SSSR count). The maximum atomic E-state index is 10.6. The number of carbonyl (C=O) groups is 1. The summed E-state index contributed by atoms with van der Waals surface area (Å²) in [6.45, 7) is 4.22. The van der Waals surface area contributed by atoms with Crippen LogP contribution in [0.2, 0.25) is 0 Å². The van der Waals surface area contributed by atoms with Gasteiger partial charge in [0.1, 0.15) is 0 Å². The lowest BCUT2D eigenvalue weighted by Crippen LogP contribution is -2.59. The van der Waals surface area contributed by atoms with Crippen molar-refractivity contribution in [1.82, 2.24) is 10.2 Å². The van der Waals surface area contributed by atoms with Gasteiger partial charge < -0.3 is 15.3 Å². The molecule has 1 saturated heterocycles. The number of amides is 1. The first-order chi connectivity index (χ1) is 8.15. The topological polar surface area (TPSA) is 52.6 Å². The number of nitrogens with one attached hydrogen (secondary N) is 1. The minimum Gasteiger partial charge on any atom is -0.465 e. The van der Waals surface area contributed by atoms with Crippen molar-refractivity contribution in [3.05, 3.63) is 35.4 Å². The summed E-state index contributed by atoms with van der Waals surface area (Å²) >= 11 is 0. The summed E-state index contributed by atoms with van der Waals surface area (Å²) in [5.74, 6) is 0. The monoisotopic (exact) mass is 234 g/mol. The van der Waals surface area contributed by atoms with Gasteiger partial charge in [-0.1, -0.05) is 29.8 Å². The number of rotatable bonds is 4. The van der Waals surface area contributed by atoms with E-state index in [0.29, 0.717) is 19.1 Å². The van der Waals surface area contributed by atoms with Gasteiger partial charge in [0.2, 0.25) is 0 Å². The van der Waals surface area contributed by atoms with E-state index >= 15 is 0 Å². The molecule has 0 atom stereocenters. The highest BCUT2D eigenvalue weighted by Gasteiger charge is 2.29. The zero-order valence-corrected chi connectivity index (χ0v) is 10.0. The Labute approximate surface area is 101 Å². The normalized spacial score (nSPS) is 15.7. The van der Waals surface area contributed by atoms with Gasteiger partial charge in [0, 0.05) is 19.1 Å². The largest absolute Gasteiger partial charge is 0.465 e. The molecule has 0 unspecified atom stereocenters. The predicted molar refractivity (Wildman–Crippen MR) is 66.3 cm³/mol. The lowest BCUT2D eigenvalue weighted by molar-refractivity contribution is 0.0962. The van der Waals surface area contributed by atoms with Crippen molar-refractivity contribution in [2.24, 2.45) is 0 Å². The number of carboxylic acid groups (broad SMARTS) is 1. The molecular formula is C13H18N2O2. The first-order valence-electron chi connectivity index (χ1n) is 5.92. The Morgan fingerprint density at radius 2 is 2.29 bits per heavy atom. The number of hydrogen-bond donors (Lipinski definition) is 2. The van der Waals surface area contributed by atoms with Crippen LogP contribution in [0.5, 0.6) is 0 Å². The second-order valence-corrected chi connectivity index (χ2v) is 4.58. The second kappa shape index (κ2) is 5.19. The average Bonchev–Trinajstić information content (AvgIpc) is 2.20. The van der Waals surface area contributed by atoms with Gasteiger partial charge in [0.05, 0.1) is 0 Å². The third-order valence-electron chi connectivity index (χ3n) is 3.08. The van der Waals surface area contributed by atoms with E-state index in [1.54, 1.807) is 0 Å². The standard InChI is InChI=1S/C13H18N2O2/c1-10-3-2-4-11(7-10)5-6-14-12-8-15(9-12)13(16)17/h2-4,7,12,14H,5-6,8-9H2,1H3,(H,16,17). The van der Waals surface area contributed by atoms with Crippen molar-refractivity contribution >= 4 is 6.09 Å². The highest BCUT2D eigenvalue weighted by atomic mass is 16.4. The van der Waals surface area contributed by atoms with Crippen LogP contribution in [0.25, 0.3) is 0 Å². The molecule has 0 aliphatic carbocycles. The Kier molecular flexibility index (Phi) is 3.64. The molecule has 1 aromatic rings. The average molecular weight is 234 g/mol. The second-order valence-electron chi connectivity index (χ2n) is 4.58. The van der Waals surface area contributed by atoms with Crippen LogP contribution >= 0.6 is 0 Å². The van der Waals surface area contributed by atoms with Crippen molar-refractivity contribution in [1.29, 1.82) is 0 Å². The number of likely N-dealkylation sites (tertiary alicyclic amines) is 1. The maximum Gasteiger partial charge on any atom is 0.407 e. The molecule has 1 aliphatic heterocycles. The van der Waals surface area contributed by atoms with Gasteiger partial charge in [-0.2, -0.15) is 0 Å². The number of benzene rings is 1. The molecule has 0 aromatic heterocycles. The van der Waals surface area contributed by atoms with Crippen LogP contribution in [0, 0.1) is 6.92 Å². The Balaban J connectivity index is 1.66. The molecule has 4 heteroatoms. The summed E-state index contributed by atoms with van der Waals surface area (Å²) in [4.78, 5) is 12.0. The number of aryl methyl sites for hydroxylation is 1. The van der Waals surface area contributed by atoms with Gasteiger partial charge in [-0.25, -0.2) is 4.79 Å². The van der Waals surface area contributed by atoms with E-state index in [9.17, 15) is 4.79 Å². The van der Waals surface area contributed by atoms with Crippen LogP contribution in [-0.2, 0) is 6.42 Å². The minimum absolute atomic E-state index is 0.330. The smallest absolute Gasteiger partial charge is 0.407 e. The van der Waals surface area contributed by atoms with Crippen LogP contribution in [0.3, 0.4) is 0 Å². The van der Waals surface area contributed by atoms with E-state index in [2.05, 4.69) is 36.5 Å². The molecule has 1 amide bonds. The highest BCUT2D eigenvalue weighted by Crippen LogP contribution is 2.08. The zero-order valence-electron chi connectivity index (χ0n) is 10.0. The fraction of sp³-hybridized carbons (Fsp3) is 0.462. The van der Waals surface area contributed by atoms with Crippen molar-refractivity contribution in [2.75, 3.05) is 19.6 Å². The molecule has 4 nitrogen and oxygen atoms in total. The van der Waals surface area contributed by atoms with Crippen molar-refractivity contribution in [2.45, 2.75) is 19.4 Å². The number of nitrogens with zero attached hydrogens (tertiary/aromatic N) is 1. The molecule has 2 N–H and O–H groups in total. The molecule has 0 radical (unpaired) electrons. The summed E-state index contributed by atoms with van der Waals surface area (Å²) < 4.78 is 0. The van der Waals surface area contributed by atoms with Gasteiger partial charge in [-0.05, 0) is 25.5 Å². The fourth-order valence-corrected chi connectivity index (χ4v) is 2.05. The molecule has 1 heterocycles. The van der Waals surface area contributed by atoms with Crippen LogP contribution in [0.1, 0.15) is 11.1 Å². The lowest BCUT2D eigenvalue weighted by atomic mass is 10.1. The van der Waals surface area contributed by atoms with E-state index in [4.69, 9.17) is 5.11 Å². The van der Waals surface area contributed by atoms with E-state index < -0.39 is 6.09 Å². The molecule has 0 spiro atoms. The molecular weight excluding hydrogens is 216 g/mol. The molecule has 1 aromatic carbocycles. The van der Waals surface area contributed by atoms with Crippen molar-refractivity contribution < 1.29 is 9.90 Å². The lowest BCUT2D eigenvalue weighted by Gasteiger charge is -2.37. The molecule has 17 heavy (non-hydrogen) atoms. The number of hydrogen-bond acceptors (Lipinski definition) is 2. The van der Waals surface area contributed by atoms with Crippen LogP contribution in [-0.4, -0.2) is 41.8 Å². The predicted octanol–water partition coefficient (Wildman–Crippen LogP) is 1.49. The molecule has 0 saturated carbocycles. The van der Waals surface area contributed by atoms with Crippen LogP contribution in [0.4, 0.5) is 4.79 Å². The first kappa shape index (κ1) is 11.9. The summed E-state index contributed by atoms with van der Waals surface area (Å²) in [7, 11) is 0. The molecule has 1 fully saturated rings. The SMILES string of the molecule is Cc1cccc(CCNC2CN(C(=O)O)C2)c1.